The molecule has 5 rings (SSSR count). The molecule has 0 bridgehead atoms. The number of nitrogens with zero attached hydrogens (tertiary/aromatic N) is 4. The van der Waals surface area contributed by atoms with E-state index in [-0.39, 0.29) is 5.82 Å². The molecule has 0 aliphatic heterocycles. The molecule has 0 unspecified atom stereocenters. The van der Waals surface area contributed by atoms with Gasteiger partial charge in [-0.3, -0.25) is 0 Å². The Morgan fingerprint density at radius 2 is 1.93 bits per heavy atom. The van der Waals surface area contributed by atoms with Crippen molar-refractivity contribution >= 4 is 28.9 Å². The minimum Gasteiger partial charge on any atom is -0.340 e. The van der Waals surface area contributed by atoms with Crippen molar-refractivity contribution in [3.8, 4) is 0 Å². The largest absolute Gasteiger partial charge is 0.340 e. The number of fused-ring (bicyclic) bond motifs is 2. The number of hydrogen-bond donors (Lipinski definition) is 1. The Morgan fingerprint density at radius 1 is 1.07 bits per heavy atom. The molecule has 0 saturated heterocycles. The molecule has 0 spiro atoms. The zero-order valence-corrected chi connectivity index (χ0v) is 15.7. The predicted octanol–water partition coefficient (Wildman–Crippen LogP) is 4.74. The molecule has 2 aromatic heterocycles. The lowest BCUT2D eigenvalue weighted by atomic mass is 10.1. The Bertz CT molecular complexity index is 1170. The maximum absolute atomic E-state index is 13.6. The lowest BCUT2D eigenvalue weighted by molar-refractivity contribution is 0.628. The second-order valence-corrected chi connectivity index (χ2v) is 7.35. The Kier molecular flexibility index (Phi) is 4.20. The summed E-state index contributed by atoms with van der Waals surface area (Å²) in [5.74, 6) is 1.77. The van der Waals surface area contributed by atoms with E-state index in [1.807, 2.05) is 30.3 Å². The van der Waals surface area contributed by atoms with Gasteiger partial charge in [-0.25, -0.2) is 9.37 Å². The van der Waals surface area contributed by atoms with Crippen LogP contribution in [0.4, 0.5) is 15.9 Å². The summed E-state index contributed by atoms with van der Waals surface area (Å²) < 4.78 is 15.4. The number of anilines is 2. The van der Waals surface area contributed by atoms with E-state index < -0.39 is 0 Å². The quantitative estimate of drug-likeness (QED) is 0.544. The van der Waals surface area contributed by atoms with Crippen molar-refractivity contribution in [1.82, 2.24) is 19.6 Å². The van der Waals surface area contributed by atoms with Crippen LogP contribution in [0.15, 0.2) is 48.5 Å². The average molecular weight is 394 g/mol. The number of rotatable bonds is 4. The van der Waals surface area contributed by atoms with Crippen LogP contribution in [0, 0.1) is 5.82 Å². The van der Waals surface area contributed by atoms with Crippen LogP contribution < -0.4 is 5.32 Å². The van der Waals surface area contributed by atoms with Gasteiger partial charge in [0.1, 0.15) is 11.6 Å². The molecule has 5 nitrogen and oxygen atoms in total. The van der Waals surface area contributed by atoms with Crippen molar-refractivity contribution in [1.29, 1.82) is 0 Å². The molecular formula is C21H17ClFN5. The first-order valence-corrected chi connectivity index (χ1v) is 9.58. The second-order valence-electron chi connectivity index (χ2n) is 6.92. The number of halogens is 2. The lowest BCUT2D eigenvalue weighted by Crippen LogP contribution is -2.07. The zero-order chi connectivity index (χ0) is 19.1. The number of aromatic nitrogens is 4. The molecule has 28 heavy (non-hydrogen) atoms. The Hall–Kier alpha value is -2.99. The normalized spacial score (nSPS) is 13.1. The highest BCUT2D eigenvalue weighted by molar-refractivity contribution is 6.30. The van der Waals surface area contributed by atoms with E-state index in [1.165, 1.54) is 12.1 Å². The summed E-state index contributed by atoms with van der Waals surface area (Å²) in [4.78, 5) is 9.33. The topological polar surface area (TPSA) is 55.1 Å². The summed E-state index contributed by atoms with van der Waals surface area (Å²) in [5.41, 5.74) is 3.92. The van der Waals surface area contributed by atoms with Crippen LogP contribution in [0.1, 0.15) is 29.1 Å². The Morgan fingerprint density at radius 3 is 2.75 bits per heavy atom. The molecule has 2 aromatic carbocycles. The molecule has 2 heterocycles. The fraction of sp³-hybridized carbons (Fsp3) is 0.190. The van der Waals surface area contributed by atoms with Crippen molar-refractivity contribution in [2.75, 3.05) is 5.32 Å². The molecule has 0 fully saturated rings. The van der Waals surface area contributed by atoms with E-state index >= 15 is 0 Å². The van der Waals surface area contributed by atoms with E-state index in [0.717, 1.165) is 41.9 Å². The first kappa shape index (κ1) is 17.1. The third-order valence-corrected chi connectivity index (χ3v) is 5.17. The van der Waals surface area contributed by atoms with Crippen molar-refractivity contribution in [2.24, 2.45) is 0 Å². The van der Waals surface area contributed by atoms with Crippen molar-refractivity contribution < 1.29 is 4.39 Å². The van der Waals surface area contributed by atoms with Crippen LogP contribution >= 0.6 is 11.6 Å². The van der Waals surface area contributed by atoms with Gasteiger partial charge in [0.05, 0.1) is 5.69 Å². The third-order valence-electron chi connectivity index (χ3n) is 4.92. The molecule has 7 heteroatoms. The van der Waals surface area contributed by atoms with Crippen molar-refractivity contribution in [3.05, 3.63) is 82.0 Å². The van der Waals surface area contributed by atoms with Gasteiger partial charge in [0.15, 0.2) is 5.82 Å². The molecule has 1 N–H and O–H groups in total. The summed E-state index contributed by atoms with van der Waals surface area (Å²) in [7, 11) is 0. The molecule has 140 valence electrons. The molecule has 1 aliphatic carbocycles. The van der Waals surface area contributed by atoms with Crippen LogP contribution in [0.3, 0.4) is 0 Å². The Labute approximate surface area is 166 Å². The first-order chi connectivity index (χ1) is 13.7. The van der Waals surface area contributed by atoms with E-state index in [4.69, 9.17) is 16.6 Å². The van der Waals surface area contributed by atoms with E-state index in [0.29, 0.717) is 28.7 Å². The molecule has 0 amide bonds. The smallest absolute Gasteiger partial charge is 0.254 e. The van der Waals surface area contributed by atoms with Gasteiger partial charge in [-0.05, 0) is 55.2 Å². The van der Waals surface area contributed by atoms with E-state index in [2.05, 4.69) is 15.4 Å². The molecular weight excluding hydrogens is 377 g/mol. The maximum atomic E-state index is 13.6. The van der Waals surface area contributed by atoms with Gasteiger partial charge < -0.3 is 5.32 Å². The molecule has 1 aliphatic rings. The molecule has 4 aromatic rings. The highest BCUT2D eigenvalue weighted by atomic mass is 35.5. The molecule has 0 atom stereocenters. The highest BCUT2D eigenvalue weighted by Gasteiger charge is 2.22. The van der Waals surface area contributed by atoms with E-state index in [9.17, 15) is 4.39 Å². The fourth-order valence-corrected chi connectivity index (χ4v) is 3.74. The Balaban J connectivity index is 1.57. The van der Waals surface area contributed by atoms with Gasteiger partial charge in [0.2, 0.25) is 0 Å². The van der Waals surface area contributed by atoms with Gasteiger partial charge in [-0.1, -0.05) is 29.8 Å². The molecule has 0 radical (unpaired) electrons. The van der Waals surface area contributed by atoms with Crippen LogP contribution in [0.2, 0.25) is 5.02 Å². The van der Waals surface area contributed by atoms with Crippen molar-refractivity contribution in [2.45, 2.75) is 25.7 Å². The standard InChI is InChI=1S/C21H17ClFN5/c22-14-9-7-13(8-10-14)11-19-26-21-25-18-6-2-5-17(18)20(28(21)27-19)24-16-4-1-3-15(23)12-16/h1,3-4,7-10,12,24H,2,5-6,11H2. The van der Waals surface area contributed by atoms with Crippen LogP contribution in [0.25, 0.3) is 5.78 Å². The maximum Gasteiger partial charge on any atom is 0.254 e. The lowest BCUT2D eigenvalue weighted by Gasteiger charge is -2.12. The number of nitrogens with one attached hydrogen (secondary N) is 1. The molecule has 0 saturated carbocycles. The van der Waals surface area contributed by atoms with E-state index in [1.54, 1.807) is 10.6 Å². The van der Waals surface area contributed by atoms with Gasteiger partial charge in [0, 0.05) is 22.7 Å². The highest BCUT2D eigenvalue weighted by Crippen LogP contribution is 2.30. The van der Waals surface area contributed by atoms with Gasteiger partial charge >= 0.3 is 0 Å². The predicted molar refractivity (Wildman–Crippen MR) is 107 cm³/mol. The number of benzene rings is 2. The van der Waals surface area contributed by atoms with Gasteiger partial charge in [-0.2, -0.15) is 9.50 Å². The average Bonchev–Trinajstić information content (AvgIpc) is 3.30. The summed E-state index contributed by atoms with van der Waals surface area (Å²) in [6, 6.07) is 14.1. The third kappa shape index (κ3) is 3.20. The minimum atomic E-state index is -0.283. The van der Waals surface area contributed by atoms with Crippen LogP contribution in [0.5, 0.6) is 0 Å². The second kappa shape index (κ2) is 6.87. The van der Waals surface area contributed by atoms with Crippen LogP contribution in [-0.2, 0) is 19.3 Å². The fourth-order valence-electron chi connectivity index (χ4n) is 3.61. The summed E-state index contributed by atoms with van der Waals surface area (Å²) in [6.45, 7) is 0. The monoisotopic (exact) mass is 393 g/mol. The van der Waals surface area contributed by atoms with Gasteiger partial charge in [0.25, 0.3) is 5.78 Å². The number of hydrogen-bond acceptors (Lipinski definition) is 4. The van der Waals surface area contributed by atoms with Crippen molar-refractivity contribution in [3.63, 3.8) is 0 Å². The zero-order valence-electron chi connectivity index (χ0n) is 15.0. The first-order valence-electron chi connectivity index (χ1n) is 9.20. The summed E-state index contributed by atoms with van der Waals surface area (Å²) in [6.07, 6.45) is 3.47. The SMILES string of the molecule is Fc1cccc(Nc2c3c(nc4nc(Cc5ccc(Cl)cc5)nn24)CCC3)c1. The summed E-state index contributed by atoms with van der Waals surface area (Å²) in [5, 5.41) is 8.72. The van der Waals surface area contributed by atoms with Crippen LogP contribution in [-0.4, -0.2) is 19.6 Å². The minimum absolute atomic E-state index is 0.283. The number of aryl methyl sites for hydroxylation is 1. The summed E-state index contributed by atoms with van der Waals surface area (Å²) >= 11 is 5.96. The van der Waals surface area contributed by atoms with Gasteiger partial charge in [-0.15, -0.1) is 5.10 Å².